The number of aliphatic hydroxyl groups is 1. The average Bonchev–Trinajstić information content (AvgIpc) is 3.17. The minimum atomic E-state index is -2.04. The van der Waals surface area contributed by atoms with Gasteiger partial charge in [-0.3, -0.25) is 0 Å². The summed E-state index contributed by atoms with van der Waals surface area (Å²) < 4.78 is 18.3. The molecule has 29 heavy (non-hydrogen) atoms. The fourth-order valence-corrected chi connectivity index (χ4v) is 6.34. The minimum Gasteiger partial charge on any atom is -0.458 e. The highest BCUT2D eigenvalue weighted by Gasteiger charge is 2.71. The molecule has 1 heterocycles. The van der Waals surface area contributed by atoms with Gasteiger partial charge in [-0.1, -0.05) is 41.5 Å². The fraction of sp³-hybridized carbons (Fsp3) is 0.957. The summed E-state index contributed by atoms with van der Waals surface area (Å²) in [6, 6.07) is 0. The molecular weight excluding hydrogens is 384 g/mol. The SMILES string of the molecule is CC(C)[C@]12CC(OC(=O)CO[Si](C)(C)C(C)(C)C)[C@](C)(O)[C@H]3CC[C@H](C)[C@@H]3[C@H]1O2. The molecular formula is C23H42O5Si. The fourth-order valence-electron chi connectivity index (χ4n) is 5.43. The van der Waals surface area contributed by atoms with Gasteiger partial charge < -0.3 is 19.0 Å². The number of hydrogen-bond donors (Lipinski definition) is 1. The van der Waals surface area contributed by atoms with Crippen LogP contribution in [0.3, 0.4) is 0 Å². The van der Waals surface area contributed by atoms with E-state index >= 15 is 0 Å². The summed E-state index contributed by atoms with van der Waals surface area (Å²) in [5, 5.41) is 11.6. The van der Waals surface area contributed by atoms with Crippen molar-refractivity contribution >= 4 is 14.3 Å². The average molecular weight is 427 g/mol. The van der Waals surface area contributed by atoms with Crippen LogP contribution in [0.2, 0.25) is 18.1 Å². The number of fused-ring (bicyclic) bond motifs is 3. The van der Waals surface area contributed by atoms with E-state index in [1.54, 1.807) is 0 Å². The zero-order valence-corrected chi connectivity index (χ0v) is 20.9. The van der Waals surface area contributed by atoms with Gasteiger partial charge in [0, 0.05) is 6.42 Å². The van der Waals surface area contributed by atoms with Crippen LogP contribution in [-0.4, -0.2) is 49.4 Å². The monoisotopic (exact) mass is 426 g/mol. The van der Waals surface area contributed by atoms with Gasteiger partial charge in [0.05, 0.1) is 6.10 Å². The first kappa shape index (κ1) is 23.2. The van der Waals surface area contributed by atoms with Crippen LogP contribution >= 0.6 is 0 Å². The largest absolute Gasteiger partial charge is 0.458 e. The number of carbonyl (C=O) groups is 1. The standard InChI is InChI=1S/C23H42O5Si/c1-14(2)23-12-17(27-18(24)13-26-29(8,9)21(4,5)6)22(7,25)16-11-10-15(3)19(16)20(23)28-23/h14-17,19-20,25H,10-13H2,1-9H3/t15-,16-,17?,19-,20+,22+,23+/m0/s1. The number of rotatable bonds is 5. The molecule has 2 saturated carbocycles. The van der Waals surface area contributed by atoms with Gasteiger partial charge in [-0.2, -0.15) is 0 Å². The third-order valence-electron chi connectivity index (χ3n) is 8.69. The highest BCUT2D eigenvalue weighted by molar-refractivity contribution is 6.74. The van der Waals surface area contributed by atoms with Gasteiger partial charge >= 0.3 is 5.97 Å². The zero-order chi connectivity index (χ0) is 22.0. The smallest absolute Gasteiger partial charge is 0.331 e. The van der Waals surface area contributed by atoms with Crippen LogP contribution < -0.4 is 0 Å². The predicted molar refractivity (Wildman–Crippen MR) is 116 cm³/mol. The lowest BCUT2D eigenvalue weighted by Crippen LogP contribution is -2.51. The molecule has 0 spiro atoms. The Morgan fingerprint density at radius 3 is 2.45 bits per heavy atom. The van der Waals surface area contributed by atoms with Crippen molar-refractivity contribution in [1.29, 1.82) is 0 Å². The summed E-state index contributed by atoms with van der Waals surface area (Å²) in [5.41, 5.74) is -1.33. The maximum Gasteiger partial charge on any atom is 0.331 e. The summed E-state index contributed by atoms with van der Waals surface area (Å²) >= 11 is 0. The Morgan fingerprint density at radius 2 is 1.90 bits per heavy atom. The topological polar surface area (TPSA) is 68.3 Å². The Morgan fingerprint density at radius 1 is 1.28 bits per heavy atom. The molecule has 0 bridgehead atoms. The van der Waals surface area contributed by atoms with Crippen LogP contribution in [0.5, 0.6) is 0 Å². The molecule has 1 saturated heterocycles. The van der Waals surface area contributed by atoms with Crippen molar-refractivity contribution in [3.63, 3.8) is 0 Å². The summed E-state index contributed by atoms with van der Waals surface area (Å²) in [6.45, 7) is 19.2. The maximum atomic E-state index is 12.8. The van der Waals surface area contributed by atoms with Crippen molar-refractivity contribution in [2.45, 2.75) is 109 Å². The van der Waals surface area contributed by atoms with Crippen molar-refractivity contribution in [3.8, 4) is 0 Å². The molecule has 6 heteroatoms. The van der Waals surface area contributed by atoms with Gasteiger partial charge in [0.25, 0.3) is 0 Å². The number of hydrogen-bond acceptors (Lipinski definition) is 5. The molecule has 168 valence electrons. The number of epoxide rings is 1. The third kappa shape index (κ3) is 3.95. The first-order chi connectivity index (χ1) is 13.1. The lowest BCUT2D eigenvalue weighted by Gasteiger charge is -2.39. The highest BCUT2D eigenvalue weighted by atomic mass is 28.4. The Bertz CT molecular complexity index is 638. The molecule has 1 N–H and O–H groups in total. The van der Waals surface area contributed by atoms with E-state index in [1.807, 2.05) is 6.92 Å². The normalized spacial score (nSPS) is 42.2. The quantitative estimate of drug-likeness (QED) is 0.397. The zero-order valence-electron chi connectivity index (χ0n) is 19.9. The van der Waals surface area contributed by atoms with Crippen molar-refractivity contribution in [2.24, 2.45) is 23.7 Å². The van der Waals surface area contributed by atoms with Crippen LogP contribution in [-0.2, 0) is 18.7 Å². The molecule has 2 aliphatic carbocycles. The van der Waals surface area contributed by atoms with E-state index in [0.717, 1.165) is 12.8 Å². The maximum absolute atomic E-state index is 12.8. The van der Waals surface area contributed by atoms with Crippen LogP contribution in [0.15, 0.2) is 0 Å². The molecule has 0 aromatic heterocycles. The van der Waals surface area contributed by atoms with E-state index in [9.17, 15) is 9.90 Å². The summed E-state index contributed by atoms with van der Waals surface area (Å²) in [7, 11) is -2.04. The molecule has 0 aromatic carbocycles. The molecule has 5 nitrogen and oxygen atoms in total. The van der Waals surface area contributed by atoms with Crippen molar-refractivity contribution in [1.82, 2.24) is 0 Å². The highest BCUT2D eigenvalue weighted by Crippen LogP contribution is 2.62. The van der Waals surface area contributed by atoms with Crippen LogP contribution in [0.25, 0.3) is 0 Å². The molecule has 0 radical (unpaired) electrons. The van der Waals surface area contributed by atoms with Crippen molar-refractivity contribution in [3.05, 3.63) is 0 Å². The number of esters is 1. The molecule has 1 aliphatic heterocycles. The lowest BCUT2D eigenvalue weighted by molar-refractivity contribution is -0.178. The molecule has 3 rings (SSSR count). The van der Waals surface area contributed by atoms with E-state index in [2.05, 4.69) is 54.6 Å². The molecule has 0 amide bonds. The number of carbonyl (C=O) groups excluding carboxylic acids is 1. The van der Waals surface area contributed by atoms with Crippen LogP contribution in [0, 0.1) is 23.7 Å². The summed E-state index contributed by atoms with van der Waals surface area (Å²) in [5.74, 6) is 0.901. The van der Waals surface area contributed by atoms with E-state index < -0.39 is 20.0 Å². The number of ether oxygens (including phenoxy) is 2. The third-order valence-corrected chi connectivity index (χ3v) is 13.2. The van der Waals surface area contributed by atoms with Gasteiger partial charge in [0.15, 0.2) is 8.32 Å². The Labute approximate surface area is 178 Å². The van der Waals surface area contributed by atoms with Gasteiger partial charge in [-0.25, -0.2) is 4.79 Å². The minimum absolute atomic E-state index is 0.0328. The van der Waals surface area contributed by atoms with E-state index in [1.165, 1.54) is 0 Å². The summed E-state index contributed by atoms with van der Waals surface area (Å²) in [6.07, 6.45) is 2.22. The Balaban J connectivity index is 1.76. The molecule has 1 unspecified atom stereocenters. The molecule has 0 aromatic rings. The molecule has 7 atom stereocenters. The Kier molecular flexibility index (Phi) is 5.86. The lowest BCUT2D eigenvalue weighted by atomic mass is 9.76. The van der Waals surface area contributed by atoms with Gasteiger partial charge in [0.1, 0.15) is 23.9 Å². The predicted octanol–water partition coefficient (Wildman–Crippen LogP) is 4.53. The van der Waals surface area contributed by atoms with E-state index in [0.29, 0.717) is 24.2 Å². The first-order valence-corrected chi connectivity index (χ1v) is 14.3. The van der Waals surface area contributed by atoms with Crippen LogP contribution in [0.1, 0.15) is 67.7 Å². The Hall–Kier alpha value is -0.433. The van der Waals surface area contributed by atoms with Crippen LogP contribution in [0.4, 0.5) is 0 Å². The van der Waals surface area contributed by atoms with Gasteiger partial charge in [-0.05, 0) is 61.6 Å². The molecule has 3 fully saturated rings. The van der Waals surface area contributed by atoms with Gasteiger partial charge in [-0.15, -0.1) is 0 Å². The van der Waals surface area contributed by atoms with Gasteiger partial charge in [0.2, 0.25) is 0 Å². The second-order valence-corrected chi connectivity index (χ2v) is 16.7. The second-order valence-electron chi connectivity index (χ2n) is 11.8. The second kappa shape index (κ2) is 7.32. The summed E-state index contributed by atoms with van der Waals surface area (Å²) in [4.78, 5) is 12.8. The van der Waals surface area contributed by atoms with E-state index in [-0.39, 0.29) is 35.2 Å². The van der Waals surface area contributed by atoms with Crippen molar-refractivity contribution in [2.75, 3.05) is 6.61 Å². The van der Waals surface area contributed by atoms with E-state index in [4.69, 9.17) is 13.9 Å². The first-order valence-electron chi connectivity index (χ1n) is 11.4. The molecule has 3 aliphatic rings. The van der Waals surface area contributed by atoms with Crippen molar-refractivity contribution < 1.29 is 23.8 Å².